The third-order valence-corrected chi connectivity index (χ3v) is 7.06. The Bertz CT molecular complexity index is 1670. The lowest BCUT2D eigenvalue weighted by molar-refractivity contribution is -0.140. The van der Waals surface area contributed by atoms with E-state index in [0.717, 1.165) is 0 Å². The molecule has 3 aromatic rings. The molecule has 2 aromatic carbocycles. The normalized spacial score (nSPS) is 14.7. The number of carboxylic acids is 1. The summed E-state index contributed by atoms with van der Waals surface area (Å²) in [6, 6.07) is 9.26. The van der Waals surface area contributed by atoms with E-state index in [4.69, 9.17) is 28.8 Å². The van der Waals surface area contributed by atoms with Gasteiger partial charge in [-0.2, -0.15) is 0 Å². The van der Waals surface area contributed by atoms with Gasteiger partial charge in [0.05, 0.1) is 49.8 Å². The van der Waals surface area contributed by atoms with Crippen LogP contribution in [0.5, 0.6) is 23.0 Å². The summed E-state index contributed by atoms with van der Waals surface area (Å²) in [5.41, 5.74) is 1.56. The molecule has 1 aliphatic heterocycles. The van der Waals surface area contributed by atoms with Crippen LogP contribution in [0.15, 0.2) is 57.5 Å². The number of nitrogens with zero attached hydrogens (tertiary/aromatic N) is 2. The number of carbonyl (C=O) groups is 2. The molecular formula is C28H28N2O9S. The Labute approximate surface area is 233 Å². The molecule has 210 valence electrons. The van der Waals surface area contributed by atoms with Gasteiger partial charge in [0.2, 0.25) is 0 Å². The topological polar surface area (TPSA) is 135 Å². The molecule has 12 heteroatoms. The Hall–Kier alpha value is -4.58. The highest BCUT2D eigenvalue weighted by Crippen LogP contribution is 2.36. The first-order chi connectivity index (χ1) is 19.2. The van der Waals surface area contributed by atoms with E-state index >= 15 is 0 Å². The minimum absolute atomic E-state index is 0.159. The van der Waals surface area contributed by atoms with Gasteiger partial charge >= 0.3 is 11.9 Å². The number of carbonyl (C=O) groups excluding carboxylic acids is 1. The van der Waals surface area contributed by atoms with Crippen molar-refractivity contribution >= 4 is 29.4 Å². The first-order valence-electron chi connectivity index (χ1n) is 12.2. The second-order valence-electron chi connectivity index (χ2n) is 8.51. The van der Waals surface area contributed by atoms with Crippen molar-refractivity contribution in [1.29, 1.82) is 0 Å². The van der Waals surface area contributed by atoms with Gasteiger partial charge in [-0.05, 0) is 55.3 Å². The number of benzene rings is 2. The summed E-state index contributed by atoms with van der Waals surface area (Å²) in [5.74, 6) is -0.176. The van der Waals surface area contributed by atoms with Crippen LogP contribution >= 0.6 is 11.3 Å². The highest BCUT2D eigenvalue weighted by molar-refractivity contribution is 7.07. The van der Waals surface area contributed by atoms with Crippen molar-refractivity contribution in [3.8, 4) is 23.0 Å². The zero-order valence-electron chi connectivity index (χ0n) is 22.5. The Morgan fingerprint density at radius 2 is 1.70 bits per heavy atom. The van der Waals surface area contributed by atoms with E-state index < -0.39 is 24.6 Å². The molecule has 0 radical (unpaired) electrons. The highest BCUT2D eigenvalue weighted by Gasteiger charge is 2.34. The van der Waals surface area contributed by atoms with Crippen LogP contribution < -0.4 is 33.8 Å². The number of esters is 1. The van der Waals surface area contributed by atoms with Crippen molar-refractivity contribution in [2.24, 2.45) is 4.99 Å². The molecule has 0 spiro atoms. The van der Waals surface area contributed by atoms with Crippen LogP contribution in [0.1, 0.15) is 31.0 Å². The second-order valence-corrected chi connectivity index (χ2v) is 9.52. The molecule has 1 N–H and O–H groups in total. The van der Waals surface area contributed by atoms with Crippen LogP contribution in [-0.2, 0) is 14.3 Å². The molecule has 0 bridgehead atoms. The van der Waals surface area contributed by atoms with Crippen LogP contribution in [0.4, 0.5) is 0 Å². The van der Waals surface area contributed by atoms with Gasteiger partial charge in [0.25, 0.3) is 5.56 Å². The maximum atomic E-state index is 13.8. The van der Waals surface area contributed by atoms with E-state index in [1.807, 2.05) is 0 Å². The molecule has 0 saturated heterocycles. The molecule has 0 unspecified atom stereocenters. The molecule has 11 nitrogen and oxygen atoms in total. The summed E-state index contributed by atoms with van der Waals surface area (Å²) in [5, 5.41) is 8.90. The minimum atomic E-state index is -1.12. The predicted molar refractivity (Wildman–Crippen MR) is 146 cm³/mol. The van der Waals surface area contributed by atoms with Crippen molar-refractivity contribution in [2.75, 3.05) is 34.5 Å². The average molecular weight is 569 g/mol. The van der Waals surface area contributed by atoms with Crippen LogP contribution in [0.25, 0.3) is 6.08 Å². The van der Waals surface area contributed by atoms with E-state index in [1.165, 1.54) is 37.2 Å². The number of allylic oxidation sites excluding steroid dienone is 1. The van der Waals surface area contributed by atoms with Gasteiger partial charge < -0.3 is 28.8 Å². The maximum absolute atomic E-state index is 13.8. The van der Waals surface area contributed by atoms with E-state index in [2.05, 4.69) is 4.99 Å². The summed E-state index contributed by atoms with van der Waals surface area (Å²) in [4.78, 5) is 42.8. The molecule has 2 heterocycles. The van der Waals surface area contributed by atoms with Gasteiger partial charge in [-0.3, -0.25) is 9.36 Å². The number of aromatic nitrogens is 1. The summed E-state index contributed by atoms with van der Waals surface area (Å²) < 4.78 is 28.6. The fraction of sp³-hybridized carbons (Fsp3) is 0.286. The first-order valence-corrected chi connectivity index (χ1v) is 13.0. The molecule has 0 amide bonds. The van der Waals surface area contributed by atoms with Crippen LogP contribution in [0, 0.1) is 0 Å². The van der Waals surface area contributed by atoms with Crippen molar-refractivity contribution in [1.82, 2.24) is 4.57 Å². The standard InChI is InChI=1S/C28H28N2O9S/c1-6-38-27(34)24-15(2)29-28-30(25(24)17-8-10-18(35-3)21(13-17)37-5)26(33)22(40-28)12-16-7-9-19(20(11-16)36-4)39-14-23(31)32/h7-13,25H,6,14H2,1-5H3,(H,31,32)/b22-12+/t25-/m1/s1. The van der Waals surface area contributed by atoms with Crippen molar-refractivity contribution in [3.05, 3.63) is 78.5 Å². The van der Waals surface area contributed by atoms with Crippen LogP contribution in [0.3, 0.4) is 0 Å². The Morgan fingerprint density at radius 3 is 2.35 bits per heavy atom. The number of carboxylic acid groups (broad SMARTS) is 1. The van der Waals surface area contributed by atoms with E-state index in [0.29, 0.717) is 43.4 Å². The van der Waals surface area contributed by atoms with Gasteiger partial charge in [0.1, 0.15) is 0 Å². The maximum Gasteiger partial charge on any atom is 0.341 e. The van der Waals surface area contributed by atoms with Crippen LogP contribution in [-0.4, -0.2) is 56.2 Å². The Morgan fingerprint density at radius 1 is 1.02 bits per heavy atom. The molecule has 0 aliphatic carbocycles. The molecule has 40 heavy (non-hydrogen) atoms. The molecule has 0 saturated carbocycles. The lowest BCUT2D eigenvalue weighted by Gasteiger charge is -2.25. The lowest BCUT2D eigenvalue weighted by Crippen LogP contribution is -2.39. The summed E-state index contributed by atoms with van der Waals surface area (Å²) in [6.07, 6.45) is 1.67. The van der Waals surface area contributed by atoms with E-state index in [9.17, 15) is 14.4 Å². The lowest BCUT2D eigenvalue weighted by atomic mass is 9.95. The SMILES string of the molecule is CCOC(=O)C1=C(C)N=c2s/c(=C/c3ccc(OCC(=O)O)c(OC)c3)c(=O)n2[C@@H]1c1ccc(OC)c(OC)c1. The summed E-state index contributed by atoms with van der Waals surface area (Å²) >= 11 is 1.17. The number of thiazole rings is 1. The van der Waals surface area contributed by atoms with Gasteiger partial charge in [0, 0.05) is 0 Å². The number of fused-ring (bicyclic) bond motifs is 1. The largest absolute Gasteiger partial charge is 0.493 e. The van der Waals surface area contributed by atoms with Gasteiger partial charge in [-0.15, -0.1) is 0 Å². The predicted octanol–water partition coefficient (Wildman–Crippen LogP) is 2.29. The zero-order valence-corrected chi connectivity index (χ0v) is 23.4. The average Bonchev–Trinajstić information content (AvgIpc) is 3.24. The van der Waals surface area contributed by atoms with Crippen molar-refractivity contribution in [3.63, 3.8) is 0 Å². The molecule has 0 fully saturated rings. The molecule has 1 atom stereocenters. The Kier molecular flexibility index (Phi) is 8.58. The van der Waals surface area contributed by atoms with Gasteiger partial charge in [-0.1, -0.05) is 23.5 Å². The molecule has 1 aliphatic rings. The zero-order chi connectivity index (χ0) is 29.0. The third-order valence-electron chi connectivity index (χ3n) is 6.08. The number of methoxy groups -OCH3 is 3. The summed E-state index contributed by atoms with van der Waals surface area (Å²) in [7, 11) is 4.46. The van der Waals surface area contributed by atoms with Crippen molar-refractivity contribution in [2.45, 2.75) is 19.9 Å². The number of hydrogen-bond acceptors (Lipinski definition) is 10. The van der Waals surface area contributed by atoms with Crippen LogP contribution in [0.2, 0.25) is 0 Å². The number of hydrogen-bond donors (Lipinski definition) is 1. The number of aliphatic carboxylic acids is 1. The van der Waals surface area contributed by atoms with Gasteiger partial charge in [-0.25, -0.2) is 14.6 Å². The second kappa shape index (κ2) is 12.1. The molecular weight excluding hydrogens is 540 g/mol. The van der Waals surface area contributed by atoms with E-state index in [-0.39, 0.29) is 23.5 Å². The first kappa shape index (κ1) is 28.4. The van der Waals surface area contributed by atoms with Gasteiger partial charge in [0.15, 0.2) is 34.4 Å². The van der Waals surface area contributed by atoms with E-state index in [1.54, 1.807) is 56.3 Å². The fourth-order valence-electron chi connectivity index (χ4n) is 4.31. The Balaban J connectivity index is 1.88. The molecule has 1 aromatic heterocycles. The smallest absolute Gasteiger partial charge is 0.341 e. The monoisotopic (exact) mass is 568 g/mol. The van der Waals surface area contributed by atoms with Crippen molar-refractivity contribution < 1.29 is 38.4 Å². The highest BCUT2D eigenvalue weighted by atomic mass is 32.1. The quantitative estimate of drug-likeness (QED) is 0.366. The minimum Gasteiger partial charge on any atom is -0.493 e. The number of rotatable bonds is 10. The molecule has 4 rings (SSSR count). The number of ether oxygens (including phenoxy) is 5. The summed E-state index contributed by atoms with van der Waals surface area (Å²) in [6.45, 7) is 3.05. The third kappa shape index (κ3) is 5.57. The fourth-order valence-corrected chi connectivity index (χ4v) is 5.36.